The van der Waals surface area contributed by atoms with Crippen LogP contribution in [0.25, 0.3) is 0 Å². The third-order valence-corrected chi connectivity index (χ3v) is 14.0. The Morgan fingerprint density at radius 2 is 1.19 bits per heavy atom. The lowest BCUT2D eigenvalue weighted by molar-refractivity contribution is -0.149. The minimum atomic E-state index is -1.66. The van der Waals surface area contributed by atoms with Crippen LogP contribution in [0.4, 0.5) is 0 Å². The zero-order chi connectivity index (χ0) is 55.5. The van der Waals surface area contributed by atoms with Crippen molar-refractivity contribution in [2.75, 3.05) is 45.8 Å². The molecule has 0 spiro atoms. The average molecular weight is 1050 g/mol. The first kappa shape index (κ1) is 59.0. The number of amides is 10. The average Bonchev–Trinajstić information content (AvgIpc) is 4.07. The second kappa shape index (κ2) is 25.9. The fourth-order valence-electron chi connectivity index (χ4n) is 9.81. The van der Waals surface area contributed by atoms with E-state index in [1.165, 1.54) is 23.6 Å². The van der Waals surface area contributed by atoms with Crippen molar-refractivity contribution >= 4 is 77.0 Å². The van der Waals surface area contributed by atoms with Crippen LogP contribution in [-0.4, -0.2) is 186 Å². The summed E-state index contributed by atoms with van der Waals surface area (Å²) in [5.74, 6) is -11.7. The highest BCUT2D eigenvalue weighted by molar-refractivity contribution is 5.99. The summed E-state index contributed by atoms with van der Waals surface area (Å²) in [6.07, 6.45) is -1.52. The number of aliphatic hydroxyl groups excluding tert-OH is 1. The second-order valence-corrected chi connectivity index (χ2v) is 19.2. The Labute approximate surface area is 426 Å². The maximum absolute atomic E-state index is 15.1. The number of carbonyl (C=O) groups excluding carboxylic acids is 10. The molecule has 0 aromatic rings. The molecule has 2 saturated carbocycles. The van der Waals surface area contributed by atoms with Crippen molar-refractivity contribution in [1.82, 2.24) is 41.7 Å². The largest absolute Gasteiger partial charge is 0.391 e. The first-order chi connectivity index (χ1) is 34.7. The first-order valence-electron chi connectivity index (χ1n) is 24.2. The Morgan fingerprint density at radius 3 is 1.70 bits per heavy atom. The van der Waals surface area contributed by atoms with Crippen LogP contribution in [-0.2, 0) is 47.9 Å². The number of nitrogens with two attached hydrogens (primary N) is 9. The molecule has 0 aromatic heterocycles. The van der Waals surface area contributed by atoms with E-state index in [0.717, 1.165) is 0 Å². The van der Waals surface area contributed by atoms with Gasteiger partial charge in [-0.2, -0.15) is 0 Å². The van der Waals surface area contributed by atoms with Crippen molar-refractivity contribution < 1.29 is 53.1 Å². The fourth-order valence-corrected chi connectivity index (χ4v) is 9.81. The summed E-state index contributed by atoms with van der Waals surface area (Å²) in [5.41, 5.74) is 49.6. The summed E-state index contributed by atoms with van der Waals surface area (Å²) >= 11 is 0. The molecule has 0 radical (unpaired) electrons. The van der Waals surface area contributed by atoms with Gasteiger partial charge in [0.15, 0.2) is 17.9 Å². The van der Waals surface area contributed by atoms with E-state index in [4.69, 9.17) is 51.6 Å². The van der Waals surface area contributed by atoms with Gasteiger partial charge in [0.2, 0.25) is 59.1 Å². The summed E-state index contributed by atoms with van der Waals surface area (Å²) in [6, 6.07) is -9.41. The molecule has 25 N–H and O–H groups in total. The zero-order valence-corrected chi connectivity index (χ0v) is 41.9. The van der Waals surface area contributed by atoms with Crippen LogP contribution in [0, 0.1) is 41.4 Å². The van der Waals surface area contributed by atoms with Crippen LogP contribution >= 0.6 is 0 Å². The van der Waals surface area contributed by atoms with E-state index in [9.17, 15) is 48.3 Å². The van der Waals surface area contributed by atoms with Gasteiger partial charge in [-0.25, -0.2) is 0 Å². The molecule has 412 valence electrons. The van der Waals surface area contributed by atoms with Crippen molar-refractivity contribution in [3.8, 4) is 0 Å². The van der Waals surface area contributed by atoms with Gasteiger partial charge >= 0.3 is 0 Å². The summed E-state index contributed by atoms with van der Waals surface area (Å²) in [5, 5.41) is 25.3. The number of likely N-dealkylation sites (tertiary alicyclic amines) is 2. The maximum atomic E-state index is 15.1. The summed E-state index contributed by atoms with van der Waals surface area (Å²) in [7, 11) is 0. The van der Waals surface area contributed by atoms with E-state index in [1.807, 2.05) is 0 Å². The van der Waals surface area contributed by atoms with Gasteiger partial charge in [0.25, 0.3) is 0 Å². The smallest absolute Gasteiger partial charge is 0.246 e. The standard InChI is InChI=1S/C43H74N20O11/c1-5-16(2)30(34(46)68)60-35(69)17(3)57-37(71)24(9-25(45)65)59-39(73)32-28-19(11-55-42(49)50)22(28)15-63(32)40(74)33-29-20(12-56-43(51)52)21(29)14-62(33)27(67)13-54-38(72)31(18(4)64)61-36(70)23(58-26(66)10-44)7-6-8-53-41(47)48/h16-24,28-33,64H,5-15,44H2,1-4H3,(H2,45,65)(H2,46,68)(H,54,72)(H,57,71)(H,58,66)(H,59,73)(H,60,69)(H,61,70)(H4,47,48,53)(H4,49,50,55)(H4,51,52,56)/t16-,17-,18+,19+,20+,21+,22+,23-,24-,28-,29-,30-,31-,32-,33-/m0/s1. The number of hydrogen-bond acceptors (Lipinski definition) is 15. The molecule has 74 heavy (non-hydrogen) atoms. The number of guanidine groups is 3. The van der Waals surface area contributed by atoms with Crippen LogP contribution in [0.1, 0.15) is 53.4 Å². The van der Waals surface area contributed by atoms with E-state index in [0.29, 0.717) is 6.42 Å². The van der Waals surface area contributed by atoms with Crippen molar-refractivity contribution in [3.63, 3.8) is 0 Å². The Morgan fingerprint density at radius 1 is 0.649 bits per heavy atom. The Kier molecular flexibility index (Phi) is 20.6. The van der Waals surface area contributed by atoms with E-state index < -0.39 is 139 Å². The third kappa shape index (κ3) is 15.2. The molecular weight excluding hydrogens is 973 g/mol. The molecule has 4 aliphatic rings. The fraction of sp³-hybridized carbons (Fsp3) is 0.698. The molecule has 2 aliphatic heterocycles. The first-order valence-corrected chi connectivity index (χ1v) is 24.2. The van der Waals surface area contributed by atoms with Gasteiger partial charge in [0, 0.05) is 32.7 Å². The number of rotatable bonds is 28. The Bertz CT molecular complexity index is 2230. The van der Waals surface area contributed by atoms with Crippen LogP contribution in [0.3, 0.4) is 0 Å². The van der Waals surface area contributed by atoms with Gasteiger partial charge < -0.3 is 98.4 Å². The molecule has 10 amide bonds. The SMILES string of the molecule is CC[C@H](C)[C@H](NC(=O)[C@H](C)NC(=O)[C@H](CC(N)=O)NC(=O)[C@@H]1[C@H]2[C@H](CN=C(N)N)[C@H]2CN1C(=O)[C@@H]1[C@H]2[C@H](CN=C(N)N)[C@H]2CN1C(=O)CNC(=O)[C@@H](NC(=O)[C@H](CCCN=C(N)N)NC(=O)CN)[C@@H](C)O)C(N)=O. The van der Waals surface area contributed by atoms with Gasteiger partial charge in [-0.15, -0.1) is 0 Å². The lowest BCUT2D eigenvalue weighted by Crippen LogP contribution is -2.61. The number of nitrogens with one attached hydrogen (secondary N) is 6. The lowest BCUT2D eigenvalue weighted by atomic mass is 9.98. The molecule has 0 unspecified atom stereocenters. The number of piperidine rings is 2. The molecule has 15 atom stereocenters. The minimum Gasteiger partial charge on any atom is -0.391 e. The molecule has 4 rings (SSSR count). The number of nitrogens with zero attached hydrogens (tertiary/aromatic N) is 5. The highest BCUT2D eigenvalue weighted by atomic mass is 16.3. The number of aliphatic hydroxyl groups is 1. The monoisotopic (exact) mass is 1050 g/mol. The summed E-state index contributed by atoms with van der Waals surface area (Å²) in [4.78, 5) is 149. The van der Waals surface area contributed by atoms with Crippen molar-refractivity contribution in [2.24, 2.45) is 108 Å². The molecule has 0 bridgehead atoms. The van der Waals surface area contributed by atoms with E-state index in [2.05, 4.69) is 46.9 Å². The molecular formula is C43H74N20O11. The van der Waals surface area contributed by atoms with E-state index >= 15 is 4.79 Å². The highest BCUT2D eigenvalue weighted by Crippen LogP contribution is 2.59. The third-order valence-electron chi connectivity index (χ3n) is 14.0. The van der Waals surface area contributed by atoms with Gasteiger partial charge in [-0.3, -0.25) is 62.9 Å². The molecule has 31 heteroatoms. The van der Waals surface area contributed by atoms with Gasteiger partial charge in [-0.1, -0.05) is 20.3 Å². The summed E-state index contributed by atoms with van der Waals surface area (Å²) in [6.45, 7) is 5.12. The van der Waals surface area contributed by atoms with Crippen LogP contribution in [0.5, 0.6) is 0 Å². The molecule has 4 fully saturated rings. The van der Waals surface area contributed by atoms with Crippen LogP contribution in [0.15, 0.2) is 15.0 Å². The van der Waals surface area contributed by atoms with E-state index in [-0.39, 0.29) is 93.0 Å². The number of carbonyl (C=O) groups is 10. The number of aliphatic imine (C=N–C) groups is 3. The Hall–Kier alpha value is -7.57. The predicted octanol–water partition coefficient (Wildman–Crippen LogP) is -9.96. The lowest BCUT2D eigenvalue weighted by Gasteiger charge is -2.35. The quantitative estimate of drug-likeness (QED) is 0.0197. The van der Waals surface area contributed by atoms with E-state index in [1.54, 1.807) is 13.8 Å². The number of fused-ring (bicyclic) bond motifs is 2. The second-order valence-electron chi connectivity index (χ2n) is 19.2. The van der Waals surface area contributed by atoms with Gasteiger partial charge in [0.05, 0.1) is 25.6 Å². The van der Waals surface area contributed by atoms with Crippen LogP contribution < -0.4 is 83.5 Å². The number of hydrogen-bond donors (Lipinski definition) is 16. The normalized spacial score (nSPS) is 24.7. The topological polar surface area (TPSA) is 541 Å². The van der Waals surface area contributed by atoms with Crippen molar-refractivity contribution in [2.45, 2.75) is 102 Å². The minimum absolute atomic E-state index is 0.00815. The van der Waals surface area contributed by atoms with Gasteiger partial charge in [-0.05, 0) is 68.1 Å². The Balaban J connectivity index is 1.57. The molecule has 2 aliphatic carbocycles. The molecule has 2 heterocycles. The zero-order valence-electron chi connectivity index (χ0n) is 41.9. The highest BCUT2D eigenvalue weighted by Gasteiger charge is 2.69. The molecule has 0 aromatic carbocycles. The predicted molar refractivity (Wildman–Crippen MR) is 265 cm³/mol. The molecule has 2 saturated heterocycles. The number of primary amides is 2. The van der Waals surface area contributed by atoms with Crippen molar-refractivity contribution in [1.29, 1.82) is 0 Å². The van der Waals surface area contributed by atoms with Crippen molar-refractivity contribution in [3.05, 3.63) is 0 Å². The van der Waals surface area contributed by atoms with Gasteiger partial charge in [0.1, 0.15) is 42.3 Å². The maximum Gasteiger partial charge on any atom is 0.246 e. The molecule has 31 nitrogen and oxygen atoms in total. The summed E-state index contributed by atoms with van der Waals surface area (Å²) < 4.78 is 0. The van der Waals surface area contributed by atoms with Crippen LogP contribution in [0.2, 0.25) is 0 Å².